The van der Waals surface area contributed by atoms with Gasteiger partial charge in [-0.1, -0.05) is 24.3 Å². The smallest absolute Gasteiger partial charge is 0.255 e. The molecule has 0 spiro atoms. The molecule has 2 aromatic heterocycles. The number of benzene rings is 2. The summed E-state index contributed by atoms with van der Waals surface area (Å²) >= 11 is 0. The molecule has 40 heavy (non-hydrogen) atoms. The Hall–Kier alpha value is -4.97. The molecule has 0 aliphatic heterocycles. The molecule has 0 saturated heterocycles. The van der Waals surface area contributed by atoms with Crippen molar-refractivity contribution in [3.63, 3.8) is 0 Å². The van der Waals surface area contributed by atoms with Gasteiger partial charge in [-0.25, -0.2) is 15.5 Å². The summed E-state index contributed by atoms with van der Waals surface area (Å²) in [7, 11) is 0. The van der Waals surface area contributed by atoms with Crippen LogP contribution in [0.4, 0.5) is 16.0 Å². The third-order valence-corrected chi connectivity index (χ3v) is 6.49. The lowest BCUT2D eigenvalue weighted by Crippen LogP contribution is -2.18. The zero-order chi connectivity index (χ0) is 28.7. The van der Waals surface area contributed by atoms with Crippen molar-refractivity contribution in [3.05, 3.63) is 90.0 Å². The fourth-order valence-corrected chi connectivity index (χ4v) is 3.83. The molecular weight excluding hydrogens is 507 g/mol. The van der Waals surface area contributed by atoms with Crippen molar-refractivity contribution in [3.8, 4) is 28.5 Å². The average Bonchev–Trinajstić information content (AvgIpc) is 3.84. The van der Waals surface area contributed by atoms with Crippen molar-refractivity contribution in [2.24, 2.45) is 5.92 Å². The van der Waals surface area contributed by atoms with Gasteiger partial charge >= 0.3 is 0 Å². The largest absolute Gasteiger partial charge is 0.322 e. The maximum atomic E-state index is 12.9. The number of carbonyl (C=O) groups is 2. The molecule has 5 rings (SSSR count). The van der Waals surface area contributed by atoms with E-state index in [2.05, 4.69) is 26.3 Å². The highest BCUT2D eigenvalue weighted by molar-refractivity contribution is 6.04. The van der Waals surface area contributed by atoms with Crippen LogP contribution in [0.2, 0.25) is 0 Å². The van der Waals surface area contributed by atoms with Crippen LogP contribution in [0, 0.1) is 24.2 Å². The third-order valence-electron chi connectivity index (χ3n) is 6.49. The van der Waals surface area contributed by atoms with Crippen LogP contribution in [-0.4, -0.2) is 27.1 Å². The minimum atomic E-state index is -0.803. The predicted octanol–water partition coefficient (Wildman–Crippen LogP) is 6.46. The fraction of sp³-hybridized carbons (Fsp3) is 0.226. The summed E-state index contributed by atoms with van der Waals surface area (Å²) in [5, 5.41) is 12.3. The van der Waals surface area contributed by atoms with Crippen LogP contribution < -0.4 is 10.9 Å². The number of amides is 1. The predicted molar refractivity (Wildman–Crippen MR) is 152 cm³/mol. The summed E-state index contributed by atoms with van der Waals surface area (Å²) in [6.45, 7) is 5.50. The lowest BCUT2D eigenvalue weighted by atomic mass is 9.90. The summed E-state index contributed by atoms with van der Waals surface area (Å²) in [6.07, 6.45) is 6.15. The van der Waals surface area contributed by atoms with Gasteiger partial charge in [0.2, 0.25) is 0 Å². The Bertz CT molecular complexity index is 1580. The van der Waals surface area contributed by atoms with Gasteiger partial charge in [-0.15, -0.1) is 4.48 Å². The highest BCUT2D eigenvalue weighted by atomic mass is 19.2. The Kier molecular flexibility index (Phi) is 8.60. The number of anilines is 2. The highest BCUT2D eigenvalue weighted by Crippen LogP contribution is 2.31. The topological polar surface area (TPSA) is 121 Å². The monoisotopic (exact) mass is 536 g/mol. The average molecular weight is 537 g/mol. The molecule has 0 radical (unpaired) electrons. The maximum Gasteiger partial charge on any atom is 0.255 e. The molecule has 1 aliphatic rings. The van der Waals surface area contributed by atoms with Gasteiger partial charge in [-0.05, 0) is 80.6 Å². The van der Waals surface area contributed by atoms with Gasteiger partial charge in [-0.2, -0.15) is 5.26 Å². The fourth-order valence-electron chi connectivity index (χ4n) is 3.83. The van der Waals surface area contributed by atoms with E-state index in [0.717, 1.165) is 41.4 Å². The van der Waals surface area contributed by atoms with Crippen molar-refractivity contribution < 1.29 is 14.1 Å². The number of nitrogens with zero attached hydrogens (tertiary/aromatic N) is 4. The standard InChI is InChI=1S/C27H23FN6O.C4H6O/c1-17-7-8-21(33-26(35)20-9-10-30-24(12-20)27(2,3)15-29)13-22(17)18-5-4-6-19(11-18)23-14-25(34-28)32-16-31-23;5-3-4-1-2-4/h4-14,16H,1-3H3,(H,33,35)(H,31,32,34);3-4H,1-2H2. The molecule has 2 N–H and O–H groups in total. The van der Waals surface area contributed by atoms with Crippen LogP contribution in [-0.2, 0) is 10.2 Å². The molecule has 1 saturated carbocycles. The van der Waals surface area contributed by atoms with Crippen LogP contribution >= 0.6 is 0 Å². The van der Waals surface area contributed by atoms with Crippen LogP contribution in [0.5, 0.6) is 0 Å². The van der Waals surface area contributed by atoms with Crippen molar-refractivity contribution in [1.29, 1.82) is 5.26 Å². The van der Waals surface area contributed by atoms with E-state index in [9.17, 15) is 19.3 Å². The second kappa shape index (κ2) is 12.3. The van der Waals surface area contributed by atoms with Gasteiger partial charge in [0.25, 0.3) is 5.91 Å². The van der Waals surface area contributed by atoms with Crippen LogP contribution in [0.25, 0.3) is 22.4 Å². The first-order chi connectivity index (χ1) is 19.2. The Morgan fingerprint density at radius 2 is 1.82 bits per heavy atom. The van der Waals surface area contributed by atoms with E-state index in [1.807, 2.05) is 49.4 Å². The first-order valence-corrected chi connectivity index (χ1v) is 12.8. The van der Waals surface area contributed by atoms with Crippen LogP contribution in [0.15, 0.2) is 73.2 Å². The number of nitriles is 1. The first kappa shape index (κ1) is 28.0. The molecular formula is C31H29FN6O2. The zero-order valence-corrected chi connectivity index (χ0v) is 22.5. The van der Waals surface area contributed by atoms with Gasteiger partial charge in [0.1, 0.15) is 12.6 Å². The normalized spacial score (nSPS) is 12.4. The van der Waals surface area contributed by atoms with E-state index in [1.54, 1.807) is 26.0 Å². The second-order valence-electron chi connectivity index (χ2n) is 10.1. The molecule has 1 amide bonds. The highest BCUT2D eigenvalue weighted by Gasteiger charge is 2.23. The van der Waals surface area contributed by atoms with E-state index in [-0.39, 0.29) is 11.7 Å². The van der Waals surface area contributed by atoms with Crippen LogP contribution in [0.3, 0.4) is 0 Å². The van der Waals surface area contributed by atoms with Crippen molar-refractivity contribution in [2.45, 2.75) is 39.0 Å². The number of nitrogens with one attached hydrogen (secondary N) is 2. The molecule has 2 heterocycles. The Balaban J connectivity index is 0.000000666. The number of halogens is 1. The van der Waals surface area contributed by atoms with Gasteiger partial charge in [0, 0.05) is 35.0 Å². The molecule has 0 bridgehead atoms. The number of hydrogen-bond acceptors (Lipinski definition) is 7. The molecule has 1 aliphatic carbocycles. The summed E-state index contributed by atoms with van der Waals surface area (Å²) in [5.74, 6) is 0.243. The zero-order valence-electron chi connectivity index (χ0n) is 22.5. The van der Waals surface area contributed by atoms with E-state index in [0.29, 0.717) is 28.6 Å². The molecule has 202 valence electrons. The number of hydrogen-bond donors (Lipinski definition) is 2. The summed E-state index contributed by atoms with van der Waals surface area (Å²) in [5.41, 5.74) is 6.58. The van der Waals surface area contributed by atoms with Gasteiger partial charge in [0.05, 0.1) is 22.9 Å². The minimum Gasteiger partial charge on any atom is -0.322 e. The number of aryl methyl sites for hydroxylation is 1. The molecule has 4 aromatic rings. The summed E-state index contributed by atoms with van der Waals surface area (Å²) < 4.78 is 12.8. The number of pyridine rings is 1. The number of rotatable bonds is 7. The Labute approximate surface area is 232 Å². The molecule has 1 fully saturated rings. The van der Waals surface area contributed by atoms with E-state index in [1.165, 1.54) is 24.1 Å². The van der Waals surface area contributed by atoms with Crippen molar-refractivity contribution >= 4 is 23.7 Å². The van der Waals surface area contributed by atoms with Crippen LogP contribution in [0.1, 0.15) is 48.3 Å². The van der Waals surface area contributed by atoms with E-state index < -0.39 is 5.41 Å². The summed E-state index contributed by atoms with van der Waals surface area (Å²) in [6, 6.07) is 20.4. The lowest BCUT2D eigenvalue weighted by Gasteiger charge is -2.15. The molecule has 0 unspecified atom stereocenters. The van der Waals surface area contributed by atoms with Crippen molar-refractivity contribution in [2.75, 3.05) is 10.9 Å². The second-order valence-corrected chi connectivity index (χ2v) is 10.1. The lowest BCUT2D eigenvalue weighted by molar-refractivity contribution is -0.108. The summed E-state index contributed by atoms with van der Waals surface area (Å²) in [4.78, 5) is 34.8. The molecule has 0 atom stereocenters. The Morgan fingerprint density at radius 3 is 2.50 bits per heavy atom. The Morgan fingerprint density at radius 1 is 1.05 bits per heavy atom. The number of carbonyl (C=O) groups excluding carboxylic acids is 2. The molecule has 8 nitrogen and oxygen atoms in total. The van der Waals surface area contributed by atoms with Gasteiger partial charge in [-0.3, -0.25) is 9.78 Å². The maximum absolute atomic E-state index is 12.9. The van der Waals surface area contributed by atoms with E-state index in [4.69, 9.17) is 0 Å². The first-order valence-electron chi connectivity index (χ1n) is 12.8. The number of aldehydes is 1. The minimum absolute atomic E-state index is 0.0821. The number of aromatic nitrogens is 3. The SMILES string of the molecule is Cc1ccc(NC(=O)c2ccnc(C(C)(C)C#N)c2)cc1-c1cccc(-c2cc(NF)ncn2)c1.O=CC1CC1. The van der Waals surface area contributed by atoms with E-state index >= 15 is 0 Å². The van der Waals surface area contributed by atoms with Crippen molar-refractivity contribution in [1.82, 2.24) is 15.0 Å². The van der Waals surface area contributed by atoms with Gasteiger partial charge < -0.3 is 10.1 Å². The molecule has 2 aromatic carbocycles. The quantitative estimate of drug-likeness (QED) is 0.205. The molecule has 9 heteroatoms. The van der Waals surface area contributed by atoms with Gasteiger partial charge in [0.15, 0.2) is 5.82 Å². The third kappa shape index (κ3) is 6.91.